The van der Waals surface area contributed by atoms with Crippen molar-refractivity contribution in [3.8, 4) is 5.75 Å². The molecule has 1 atom stereocenters. The predicted octanol–water partition coefficient (Wildman–Crippen LogP) is 4.32. The minimum absolute atomic E-state index is 0.125. The molecule has 1 N–H and O–H groups in total. The second kappa shape index (κ2) is 10.3. The van der Waals surface area contributed by atoms with Crippen LogP contribution >= 0.6 is 0 Å². The van der Waals surface area contributed by atoms with Crippen LogP contribution in [0.4, 0.5) is 4.39 Å². The molecule has 1 aromatic heterocycles. The number of imidazole rings is 1. The molecule has 7 nitrogen and oxygen atoms in total. The molecule has 0 aliphatic carbocycles. The molecule has 1 saturated heterocycles. The van der Waals surface area contributed by atoms with E-state index in [0.717, 1.165) is 6.42 Å². The molecule has 34 heavy (non-hydrogen) atoms. The zero-order chi connectivity index (χ0) is 24.1. The third-order valence-electron chi connectivity index (χ3n) is 5.71. The number of aliphatic hydroxyl groups excluding tert-OH is 1. The van der Waals surface area contributed by atoms with Crippen molar-refractivity contribution < 1.29 is 23.8 Å². The van der Waals surface area contributed by atoms with Crippen molar-refractivity contribution in [3.05, 3.63) is 89.8 Å². The summed E-state index contributed by atoms with van der Waals surface area (Å²) in [5, 5.41) is 11.1. The number of hydrogen-bond donors (Lipinski definition) is 1. The van der Waals surface area contributed by atoms with Crippen LogP contribution in [0.15, 0.2) is 72.8 Å². The van der Waals surface area contributed by atoms with E-state index in [-0.39, 0.29) is 23.4 Å². The molecular formula is C26H26FN3O4. The van der Waals surface area contributed by atoms with Gasteiger partial charge in [0, 0.05) is 36.6 Å². The normalized spacial score (nSPS) is 17.4. The molecular weight excluding hydrogens is 437 g/mol. The number of nitrogens with zero attached hydrogens (tertiary/aromatic N) is 3. The Hall–Kier alpha value is -3.94. The van der Waals surface area contributed by atoms with Crippen LogP contribution in [0.2, 0.25) is 0 Å². The highest BCUT2D eigenvalue weighted by molar-refractivity contribution is 6.46. The van der Waals surface area contributed by atoms with Crippen LogP contribution in [0.3, 0.4) is 0 Å². The SMILES string of the molecule is CCCOc1ccc(/C(O)=C2\C(=O)C(=O)N(CCCn3ccnc3)[C@@H]2c2ccccc2F)cc1. The third-order valence-corrected chi connectivity index (χ3v) is 5.71. The van der Waals surface area contributed by atoms with Gasteiger partial charge in [0.1, 0.15) is 17.3 Å². The van der Waals surface area contributed by atoms with Crippen LogP contribution in [0.5, 0.6) is 5.75 Å². The number of ether oxygens (including phenoxy) is 1. The van der Waals surface area contributed by atoms with E-state index in [9.17, 15) is 19.1 Å². The number of carbonyl (C=O) groups excluding carboxylic acids is 2. The Morgan fingerprint density at radius 3 is 2.56 bits per heavy atom. The van der Waals surface area contributed by atoms with Gasteiger partial charge in [-0.2, -0.15) is 0 Å². The Labute approximate surface area is 197 Å². The van der Waals surface area contributed by atoms with E-state index < -0.39 is 23.5 Å². The number of carbonyl (C=O) groups is 2. The highest BCUT2D eigenvalue weighted by Gasteiger charge is 2.46. The van der Waals surface area contributed by atoms with Crippen molar-refractivity contribution in [3.63, 3.8) is 0 Å². The summed E-state index contributed by atoms with van der Waals surface area (Å²) in [5.74, 6) is -1.86. The van der Waals surface area contributed by atoms with E-state index in [0.29, 0.717) is 30.9 Å². The highest BCUT2D eigenvalue weighted by Crippen LogP contribution is 2.40. The van der Waals surface area contributed by atoms with Gasteiger partial charge in [0.15, 0.2) is 0 Å². The Morgan fingerprint density at radius 2 is 1.88 bits per heavy atom. The maximum Gasteiger partial charge on any atom is 0.295 e. The van der Waals surface area contributed by atoms with Gasteiger partial charge in [0.25, 0.3) is 11.7 Å². The molecule has 1 fully saturated rings. The lowest BCUT2D eigenvalue weighted by molar-refractivity contribution is -0.140. The summed E-state index contributed by atoms with van der Waals surface area (Å²) < 4.78 is 22.3. The molecule has 3 aromatic rings. The zero-order valence-corrected chi connectivity index (χ0v) is 18.9. The molecule has 176 valence electrons. The standard InChI is InChI=1S/C26H26FN3O4/c1-2-16-34-19-10-8-18(9-11-19)24(31)22-23(20-6-3-4-7-21(20)27)30(26(33)25(22)32)14-5-13-29-15-12-28-17-29/h3-4,6-12,15,17,23,31H,2,5,13-14,16H2,1H3/b24-22+/t23-/m1/s1. The number of aliphatic hydroxyl groups is 1. The number of benzene rings is 2. The van der Waals surface area contributed by atoms with Crippen molar-refractivity contribution in [1.82, 2.24) is 14.5 Å². The first kappa shape index (κ1) is 23.2. The lowest BCUT2D eigenvalue weighted by Gasteiger charge is -2.25. The number of hydrogen-bond acceptors (Lipinski definition) is 5. The molecule has 0 unspecified atom stereocenters. The summed E-state index contributed by atoms with van der Waals surface area (Å²) in [7, 11) is 0. The molecule has 0 saturated carbocycles. The summed E-state index contributed by atoms with van der Waals surface area (Å²) in [6.07, 6.45) is 6.50. The van der Waals surface area contributed by atoms with Gasteiger partial charge < -0.3 is 19.3 Å². The van der Waals surface area contributed by atoms with Gasteiger partial charge in [0.05, 0.1) is 24.5 Å². The number of amides is 1. The van der Waals surface area contributed by atoms with E-state index in [1.165, 1.54) is 17.0 Å². The summed E-state index contributed by atoms with van der Waals surface area (Å²) in [4.78, 5) is 31.4. The minimum Gasteiger partial charge on any atom is -0.507 e. The summed E-state index contributed by atoms with van der Waals surface area (Å²) >= 11 is 0. The van der Waals surface area contributed by atoms with Crippen molar-refractivity contribution in [2.75, 3.05) is 13.2 Å². The molecule has 0 radical (unpaired) electrons. The van der Waals surface area contributed by atoms with Crippen molar-refractivity contribution in [2.45, 2.75) is 32.4 Å². The number of aryl methyl sites for hydroxylation is 1. The van der Waals surface area contributed by atoms with E-state index in [2.05, 4.69) is 4.98 Å². The van der Waals surface area contributed by atoms with Gasteiger partial charge in [-0.15, -0.1) is 0 Å². The molecule has 2 aromatic carbocycles. The van der Waals surface area contributed by atoms with Crippen molar-refractivity contribution in [2.24, 2.45) is 0 Å². The molecule has 1 amide bonds. The predicted molar refractivity (Wildman–Crippen MR) is 124 cm³/mol. The van der Waals surface area contributed by atoms with Crippen LogP contribution in [0.25, 0.3) is 5.76 Å². The molecule has 0 spiro atoms. The molecule has 2 heterocycles. The van der Waals surface area contributed by atoms with Gasteiger partial charge in [-0.25, -0.2) is 9.37 Å². The second-order valence-corrected chi connectivity index (χ2v) is 8.04. The largest absolute Gasteiger partial charge is 0.507 e. The van der Waals surface area contributed by atoms with Gasteiger partial charge in [-0.1, -0.05) is 25.1 Å². The third kappa shape index (κ3) is 4.71. The van der Waals surface area contributed by atoms with Crippen LogP contribution in [-0.2, 0) is 16.1 Å². The number of likely N-dealkylation sites (tertiary alicyclic amines) is 1. The highest BCUT2D eigenvalue weighted by atomic mass is 19.1. The van der Waals surface area contributed by atoms with E-state index in [4.69, 9.17) is 4.74 Å². The Kier molecular flexibility index (Phi) is 7.06. The lowest BCUT2D eigenvalue weighted by Crippen LogP contribution is -2.31. The fraction of sp³-hybridized carbons (Fsp3) is 0.269. The number of halogens is 1. The van der Waals surface area contributed by atoms with Gasteiger partial charge in [0.2, 0.25) is 0 Å². The smallest absolute Gasteiger partial charge is 0.295 e. The summed E-state index contributed by atoms with van der Waals surface area (Å²) in [6, 6.07) is 11.6. The number of ketones is 1. The van der Waals surface area contributed by atoms with Crippen LogP contribution in [0, 0.1) is 5.82 Å². The Balaban J connectivity index is 1.69. The zero-order valence-electron chi connectivity index (χ0n) is 18.9. The molecule has 8 heteroatoms. The first-order chi connectivity index (χ1) is 16.5. The van der Waals surface area contributed by atoms with Crippen LogP contribution < -0.4 is 4.74 Å². The maximum atomic E-state index is 14.8. The van der Waals surface area contributed by atoms with Gasteiger partial charge in [-0.05, 0) is 43.2 Å². The first-order valence-corrected chi connectivity index (χ1v) is 11.2. The average molecular weight is 464 g/mol. The first-order valence-electron chi connectivity index (χ1n) is 11.2. The summed E-state index contributed by atoms with van der Waals surface area (Å²) in [6.45, 7) is 3.34. The number of Topliss-reactive ketones (excluding diaryl/α,β-unsaturated/α-hetero) is 1. The summed E-state index contributed by atoms with van der Waals surface area (Å²) in [5.41, 5.74) is 0.385. The van der Waals surface area contributed by atoms with Crippen molar-refractivity contribution >= 4 is 17.4 Å². The Bertz CT molecular complexity index is 1190. The topological polar surface area (TPSA) is 84.7 Å². The van der Waals surface area contributed by atoms with Gasteiger partial charge in [-0.3, -0.25) is 9.59 Å². The number of aromatic nitrogens is 2. The average Bonchev–Trinajstić information content (AvgIpc) is 3.45. The number of rotatable bonds is 9. The monoisotopic (exact) mass is 463 g/mol. The van der Waals surface area contributed by atoms with Crippen LogP contribution in [0.1, 0.15) is 36.9 Å². The van der Waals surface area contributed by atoms with Crippen LogP contribution in [-0.4, -0.2) is 44.4 Å². The van der Waals surface area contributed by atoms with E-state index >= 15 is 0 Å². The lowest BCUT2D eigenvalue weighted by atomic mass is 9.95. The van der Waals surface area contributed by atoms with Gasteiger partial charge >= 0.3 is 0 Å². The quantitative estimate of drug-likeness (QED) is 0.290. The second-order valence-electron chi connectivity index (χ2n) is 8.04. The molecule has 4 rings (SSSR count). The van der Waals surface area contributed by atoms with Crippen molar-refractivity contribution in [1.29, 1.82) is 0 Å². The fourth-order valence-corrected chi connectivity index (χ4v) is 4.06. The Morgan fingerprint density at radius 1 is 1.12 bits per heavy atom. The molecule has 0 bridgehead atoms. The molecule has 1 aliphatic rings. The fourth-order valence-electron chi connectivity index (χ4n) is 4.06. The molecule has 1 aliphatic heterocycles. The van der Waals surface area contributed by atoms with E-state index in [1.54, 1.807) is 55.1 Å². The van der Waals surface area contributed by atoms with E-state index in [1.807, 2.05) is 11.5 Å². The maximum absolute atomic E-state index is 14.8. The minimum atomic E-state index is -1.03.